The molecular weight excluding hydrogens is 410 g/mol. The van der Waals surface area contributed by atoms with Gasteiger partial charge in [0.2, 0.25) is 0 Å². The monoisotopic (exact) mass is 444 g/mol. The molecule has 7 nitrogen and oxygen atoms in total. The summed E-state index contributed by atoms with van der Waals surface area (Å²) in [5.74, 6) is -3.85. The van der Waals surface area contributed by atoms with Gasteiger partial charge in [-0.25, -0.2) is 18.4 Å². The molecule has 0 spiro atoms. The number of alkyl halides is 2. The molecule has 0 saturated carbocycles. The van der Waals surface area contributed by atoms with Gasteiger partial charge in [0.25, 0.3) is 5.92 Å². The van der Waals surface area contributed by atoms with Crippen LogP contribution in [0.3, 0.4) is 0 Å². The first-order valence-electron chi connectivity index (χ1n) is 10.2. The number of carbonyl (C=O) groups is 2. The first-order chi connectivity index (χ1) is 14.2. The lowest BCUT2D eigenvalue weighted by molar-refractivity contribution is -0.140. The molecule has 3 N–H and O–H groups in total. The maximum atomic E-state index is 14.9. The summed E-state index contributed by atoms with van der Waals surface area (Å²) in [7, 11) is 0. The number of halogens is 2. The van der Waals surface area contributed by atoms with Crippen molar-refractivity contribution in [3.05, 3.63) is 35.9 Å². The van der Waals surface area contributed by atoms with Gasteiger partial charge in [-0.2, -0.15) is 0 Å². The number of amides is 2. The van der Waals surface area contributed by atoms with E-state index in [-0.39, 0.29) is 18.9 Å². The van der Waals surface area contributed by atoms with Crippen molar-refractivity contribution in [1.82, 2.24) is 10.6 Å². The van der Waals surface area contributed by atoms with Crippen LogP contribution < -0.4 is 10.6 Å². The lowest BCUT2D eigenvalue weighted by atomic mass is 9.92. The topological polar surface area (TPSA) is 96.9 Å². The van der Waals surface area contributed by atoms with Gasteiger partial charge < -0.3 is 25.2 Å². The molecule has 176 valence electrons. The average Bonchev–Trinajstić information content (AvgIpc) is 2.64. The van der Waals surface area contributed by atoms with Crippen LogP contribution in [0.5, 0.6) is 0 Å². The molecule has 0 heterocycles. The Morgan fingerprint density at radius 1 is 1.03 bits per heavy atom. The number of ether oxygens (including phenoxy) is 2. The molecule has 0 fully saturated rings. The predicted octanol–water partition coefficient (Wildman–Crippen LogP) is 4.24. The van der Waals surface area contributed by atoms with Crippen molar-refractivity contribution in [2.45, 2.75) is 84.3 Å². The van der Waals surface area contributed by atoms with Crippen LogP contribution in [0.25, 0.3) is 0 Å². The molecule has 1 aromatic rings. The molecule has 1 aromatic carbocycles. The Morgan fingerprint density at radius 3 is 2.13 bits per heavy atom. The molecule has 31 heavy (non-hydrogen) atoms. The van der Waals surface area contributed by atoms with Crippen LogP contribution in [-0.2, 0) is 16.1 Å². The van der Waals surface area contributed by atoms with Crippen LogP contribution >= 0.6 is 0 Å². The third-order valence-corrected chi connectivity index (χ3v) is 4.33. The zero-order valence-electron chi connectivity index (χ0n) is 18.9. The zero-order valence-corrected chi connectivity index (χ0v) is 18.9. The highest BCUT2D eigenvalue weighted by atomic mass is 19.3. The second kappa shape index (κ2) is 11.3. The maximum absolute atomic E-state index is 14.9. The van der Waals surface area contributed by atoms with Gasteiger partial charge >= 0.3 is 12.2 Å². The van der Waals surface area contributed by atoms with Crippen molar-refractivity contribution in [3.8, 4) is 0 Å². The zero-order chi connectivity index (χ0) is 23.8. The van der Waals surface area contributed by atoms with E-state index in [0.717, 1.165) is 12.5 Å². The summed E-state index contributed by atoms with van der Waals surface area (Å²) in [5, 5.41) is 14.8. The highest BCUT2D eigenvalue weighted by Gasteiger charge is 2.49. The molecule has 3 unspecified atom stereocenters. The molecule has 0 bridgehead atoms. The lowest BCUT2D eigenvalue weighted by Crippen LogP contribution is -2.59. The number of benzene rings is 1. The number of hydrogen-bond donors (Lipinski definition) is 3. The van der Waals surface area contributed by atoms with Gasteiger partial charge in [-0.3, -0.25) is 0 Å². The lowest BCUT2D eigenvalue weighted by Gasteiger charge is -2.34. The molecular formula is C22H34F2N2O5. The fourth-order valence-electron chi connectivity index (χ4n) is 2.80. The number of hydrogen-bond acceptors (Lipinski definition) is 5. The Bertz CT molecular complexity index is 708. The third kappa shape index (κ3) is 9.50. The first kappa shape index (κ1) is 26.6. The van der Waals surface area contributed by atoms with Crippen LogP contribution in [0.15, 0.2) is 30.3 Å². The highest BCUT2D eigenvalue weighted by Crippen LogP contribution is 2.28. The molecule has 1 rings (SSSR count). The largest absolute Gasteiger partial charge is 0.445 e. The number of aliphatic hydroxyl groups excluding tert-OH is 1. The van der Waals surface area contributed by atoms with E-state index in [4.69, 9.17) is 9.47 Å². The Balaban J connectivity index is 2.80. The van der Waals surface area contributed by atoms with Crippen molar-refractivity contribution in [2.24, 2.45) is 5.92 Å². The Labute approximate surface area is 182 Å². The number of rotatable bonds is 9. The molecule has 0 aromatic heterocycles. The Hall–Kier alpha value is -2.42. The van der Waals surface area contributed by atoms with Gasteiger partial charge in [0.15, 0.2) is 0 Å². The second-order valence-corrected chi connectivity index (χ2v) is 8.93. The van der Waals surface area contributed by atoms with E-state index >= 15 is 0 Å². The summed E-state index contributed by atoms with van der Waals surface area (Å²) >= 11 is 0. The predicted molar refractivity (Wildman–Crippen MR) is 113 cm³/mol. The van der Waals surface area contributed by atoms with E-state index < -0.39 is 41.9 Å². The minimum atomic E-state index is -3.75. The second-order valence-electron chi connectivity index (χ2n) is 8.93. The fourth-order valence-corrected chi connectivity index (χ4v) is 2.80. The normalized spacial score (nSPS) is 15.0. The van der Waals surface area contributed by atoms with E-state index in [1.54, 1.807) is 58.9 Å². The van der Waals surface area contributed by atoms with Gasteiger partial charge in [0.1, 0.15) is 18.3 Å². The van der Waals surface area contributed by atoms with Gasteiger partial charge in [-0.1, -0.05) is 44.2 Å². The van der Waals surface area contributed by atoms with Gasteiger partial charge in [-0.05, 0) is 45.6 Å². The Morgan fingerprint density at radius 2 is 1.61 bits per heavy atom. The molecule has 2 amide bonds. The minimum absolute atomic E-state index is 0.0375. The maximum Gasteiger partial charge on any atom is 0.408 e. The molecule has 0 aliphatic carbocycles. The summed E-state index contributed by atoms with van der Waals surface area (Å²) < 4.78 is 39.9. The van der Waals surface area contributed by atoms with Crippen LogP contribution in [0.2, 0.25) is 0 Å². The minimum Gasteiger partial charge on any atom is -0.445 e. The summed E-state index contributed by atoms with van der Waals surface area (Å²) in [5.41, 5.74) is -0.124. The van der Waals surface area contributed by atoms with E-state index in [0.29, 0.717) is 0 Å². The molecule has 0 aliphatic heterocycles. The number of carbonyl (C=O) groups excluding carboxylic acids is 2. The molecule has 0 saturated heterocycles. The SMILES string of the molecule is CC(C)CC(NC(=O)OCc1ccccc1)C(O)C(F)(F)C(C)NC(=O)OC(C)(C)C. The number of alkyl carbamates (subject to hydrolysis) is 2. The standard InChI is InChI=1S/C22H34F2N2O5/c1-14(2)12-17(26-19(28)30-13-16-10-8-7-9-11-16)18(27)22(23,24)15(3)25-20(29)31-21(4,5)6/h7-11,14-15,17-18,27H,12-13H2,1-6H3,(H,25,29)(H,26,28). The van der Waals surface area contributed by atoms with Crippen LogP contribution in [0.4, 0.5) is 18.4 Å². The van der Waals surface area contributed by atoms with E-state index in [1.165, 1.54) is 0 Å². The summed E-state index contributed by atoms with van der Waals surface area (Å²) in [6, 6.07) is 5.85. The van der Waals surface area contributed by atoms with Gasteiger partial charge in [-0.15, -0.1) is 0 Å². The van der Waals surface area contributed by atoms with Crippen molar-refractivity contribution < 1.29 is 33.0 Å². The number of nitrogens with one attached hydrogen (secondary N) is 2. The van der Waals surface area contributed by atoms with Crippen molar-refractivity contribution >= 4 is 12.2 Å². The molecule has 9 heteroatoms. The fraction of sp³-hybridized carbons (Fsp3) is 0.636. The van der Waals surface area contributed by atoms with E-state index in [1.807, 2.05) is 6.07 Å². The first-order valence-corrected chi connectivity index (χ1v) is 10.2. The van der Waals surface area contributed by atoms with Crippen molar-refractivity contribution in [2.75, 3.05) is 0 Å². The van der Waals surface area contributed by atoms with E-state index in [2.05, 4.69) is 10.6 Å². The van der Waals surface area contributed by atoms with E-state index in [9.17, 15) is 23.5 Å². The molecule has 0 radical (unpaired) electrons. The summed E-state index contributed by atoms with van der Waals surface area (Å²) in [6.45, 7) is 9.39. The number of aliphatic hydroxyl groups is 1. The van der Waals surface area contributed by atoms with Crippen molar-refractivity contribution in [1.29, 1.82) is 0 Å². The van der Waals surface area contributed by atoms with Crippen molar-refractivity contribution in [3.63, 3.8) is 0 Å². The van der Waals surface area contributed by atoms with Gasteiger partial charge in [0.05, 0.1) is 12.1 Å². The van der Waals surface area contributed by atoms with Crippen LogP contribution in [0, 0.1) is 5.92 Å². The average molecular weight is 445 g/mol. The summed E-state index contributed by atoms with van der Waals surface area (Å²) in [6.07, 6.45) is -4.13. The smallest absolute Gasteiger partial charge is 0.408 e. The van der Waals surface area contributed by atoms with Crippen LogP contribution in [-0.4, -0.2) is 47.0 Å². The Kier molecular flexibility index (Phi) is 9.68. The summed E-state index contributed by atoms with van der Waals surface area (Å²) in [4.78, 5) is 24.0. The quantitative estimate of drug-likeness (QED) is 0.529. The van der Waals surface area contributed by atoms with Gasteiger partial charge in [0, 0.05) is 0 Å². The van der Waals surface area contributed by atoms with Crippen LogP contribution in [0.1, 0.15) is 53.5 Å². The third-order valence-electron chi connectivity index (χ3n) is 4.33. The highest BCUT2D eigenvalue weighted by molar-refractivity contribution is 5.68. The molecule has 0 aliphatic rings. The molecule has 3 atom stereocenters.